The van der Waals surface area contributed by atoms with Crippen LogP contribution >= 0.6 is 11.3 Å². The Balaban J connectivity index is 1.32. The van der Waals surface area contributed by atoms with Gasteiger partial charge in [0.15, 0.2) is 23.4 Å². The first-order valence-corrected chi connectivity index (χ1v) is 14.8. The molecule has 4 rings (SSSR count). The summed E-state index contributed by atoms with van der Waals surface area (Å²) in [5, 5.41) is 7.91. The second-order valence-corrected chi connectivity index (χ2v) is 11.3. The highest BCUT2D eigenvalue weighted by Crippen LogP contribution is 2.27. The lowest BCUT2D eigenvalue weighted by molar-refractivity contribution is -0.143. The van der Waals surface area contributed by atoms with Crippen LogP contribution in [0.3, 0.4) is 0 Å². The zero-order chi connectivity index (χ0) is 29.7. The van der Waals surface area contributed by atoms with Crippen molar-refractivity contribution in [1.82, 2.24) is 19.5 Å². The van der Waals surface area contributed by atoms with Gasteiger partial charge in [-0.25, -0.2) is 9.29 Å². The molecule has 1 saturated heterocycles. The minimum Gasteiger partial charge on any atom is -0.490 e. The Morgan fingerprint density at radius 2 is 2.05 bits per heavy atom. The third kappa shape index (κ3) is 7.02. The maximum absolute atomic E-state index is 12.9. The highest BCUT2D eigenvalue weighted by atomic mass is 32.2. The van der Waals surface area contributed by atoms with E-state index >= 15 is 0 Å². The van der Waals surface area contributed by atoms with E-state index < -0.39 is 34.2 Å². The van der Waals surface area contributed by atoms with E-state index in [1.807, 2.05) is 23.1 Å². The van der Waals surface area contributed by atoms with Crippen molar-refractivity contribution in [2.75, 3.05) is 32.0 Å². The second-order valence-electron chi connectivity index (χ2n) is 9.16. The van der Waals surface area contributed by atoms with Crippen LogP contribution in [0.5, 0.6) is 5.75 Å². The predicted octanol–water partition coefficient (Wildman–Crippen LogP) is -0.978. The molecule has 0 saturated carbocycles. The van der Waals surface area contributed by atoms with Gasteiger partial charge in [-0.2, -0.15) is 8.42 Å². The van der Waals surface area contributed by atoms with Crippen molar-refractivity contribution in [3.8, 4) is 5.75 Å². The van der Waals surface area contributed by atoms with Crippen molar-refractivity contribution in [2.24, 2.45) is 21.6 Å². The number of anilines is 1. The SMILES string of the molecule is C[C@H]1[C@H](NC(=O)/C(=N\OCCOc2ccc3c(c2)CN(C(N)=NCCCN)C3)c2csc(N)n2)C(=O)N1S(=O)(=O)O. The van der Waals surface area contributed by atoms with Crippen molar-refractivity contribution in [3.05, 3.63) is 40.4 Å². The van der Waals surface area contributed by atoms with Gasteiger partial charge in [0.2, 0.25) is 0 Å². The maximum Gasteiger partial charge on any atom is 0.362 e. The van der Waals surface area contributed by atoms with E-state index in [9.17, 15) is 18.0 Å². The molecule has 1 aromatic carbocycles. The van der Waals surface area contributed by atoms with Crippen LogP contribution in [0, 0.1) is 0 Å². The number of nitrogens with one attached hydrogen (secondary N) is 1. The van der Waals surface area contributed by atoms with Gasteiger partial charge < -0.3 is 37.0 Å². The van der Waals surface area contributed by atoms with Crippen LogP contribution in [-0.4, -0.2) is 89.0 Å². The number of carbonyl (C=O) groups excluding carboxylic acids is 2. The Bertz CT molecular complexity index is 1460. The van der Waals surface area contributed by atoms with Gasteiger partial charge in [0.25, 0.3) is 11.8 Å². The number of nitrogens with two attached hydrogens (primary N) is 3. The lowest BCUT2D eigenvalue weighted by Gasteiger charge is -2.42. The minimum absolute atomic E-state index is 0.0321. The highest BCUT2D eigenvalue weighted by molar-refractivity contribution is 7.84. The Morgan fingerprint density at radius 3 is 2.71 bits per heavy atom. The molecule has 18 heteroatoms. The number of hydrogen-bond acceptors (Lipinski definition) is 12. The predicted molar refractivity (Wildman–Crippen MR) is 150 cm³/mol. The van der Waals surface area contributed by atoms with E-state index in [0.717, 1.165) is 28.9 Å². The summed E-state index contributed by atoms with van der Waals surface area (Å²) in [6, 6.07) is 3.50. The number of aliphatic imine (C=N–C) groups is 1. The van der Waals surface area contributed by atoms with Crippen LogP contribution in [0.4, 0.5) is 5.13 Å². The van der Waals surface area contributed by atoms with Crippen LogP contribution in [0.1, 0.15) is 30.2 Å². The van der Waals surface area contributed by atoms with E-state index in [1.54, 1.807) is 0 Å². The number of nitrogens with zero attached hydrogens (tertiary/aromatic N) is 5. The molecule has 2 atom stereocenters. The third-order valence-corrected chi connectivity index (χ3v) is 7.99. The van der Waals surface area contributed by atoms with Gasteiger partial charge in [-0.1, -0.05) is 11.2 Å². The molecule has 8 N–H and O–H groups in total. The van der Waals surface area contributed by atoms with Crippen LogP contribution < -0.4 is 27.3 Å². The van der Waals surface area contributed by atoms with Crippen LogP contribution in [0.15, 0.2) is 33.7 Å². The number of hydrogen-bond donors (Lipinski definition) is 5. The van der Waals surface area contributed by atoms with E-state index in [0.29, 0.717) is 37.9 Å². The Morgan fingerprint density at radius 1 is 1.29 bits per heavy atom. The minimum atomic E-state index is -4.74. The van der Waals surface area contributed by atoms with Gasteiger partial charge in [0, 0.05) is 25.0 Å². The number of ether oxygens (including phenoxy) is 1. The first kappa shape index (κ1) is 30.0. The largest absolute Gasteiger partial charge is 0.490 e. The quantitative estimate of drug-likeness (QED) is 0.0487. The molecule has 1 aromatic heterocycles. The number of oxime groups is 1. The number of rotatable bonds is 12. The topological polar surface area (TPSA) is 241 Å². The average Bonchev–Trinajstić information content (AvgIpc) is 3.54. The van der Waals surface area contributed by atoms with Crippen LogP contribution in [0.25, 0.3) is 0 Å². The molecule has 2 aliphatic heterocycles. The average molecular weight is 610 g/mol. The molecule has 2 aliphatic rings. The van der Waals surface area contributed by atoms with Crippen LogP contribution in [0.2, 0.25) is 0 Å². The molecule has 2 amide bonds. The summed E-state index contributed by atoms with van der Waals surface area (Å²) < 4.78 is 37.8. The molecule has 0 aliphatic carbocycles. The molecule has 0 bridgehead atoms. The fourth-order valence-corrected chi connectivity index (χ4v) is 5.66. The van der Waals surface area contributed by atoms with E-state index in [-0.39, 0.29) is 34.1 Å². The first-order valence-electron chi connectivity index (χ1n) is 12.5. The molecule has 41 heavy (non-hydrogen) atoms. The summed E-state index contributed by atoms with van der Waals surface area (Å²) in [4.78, 5) is 40.7. The van der Waals surface area contributed by atoms with Crippen molar-refractivity contribution in [3.63, 3.8) is 0 Å². The number of amides is 2. The molecule has 16 nitrogen and oxygen atoms in total. The fourth-order valence-electron chi connectivity index (χ4n) is 4.23. The number of nitrogen functional groups attached to an aromatic ring is 1. The lowest BCUT2D eigenvalue weighted by Crippen LogP contribution is -2.71. The van der Waals surface area contributed by atoms with Gasteiger partial charge >= 0.3 is 10.3 Å². The van der Waals surface area contributed by atoms with E-state index in [4.69, 9.17) is 31.3 Å². The van der Waals surface area contributed by atoms with Gasteiger partial charge in [0.1, 0.15) is 24.1 Å². The lowest BCUT2D eigenvalue weighted by atomic mass is 10.0. The van der Waals surface area contributed by atoms with Crippen LogP contribution in [-0.2, 0) is 37.8 Å². The summed E-state index contributed by atoms with van der Waals surface area (Å²) in [7, 11) is -4.74. The number of benzene rings is 1. The Kier molecular flexibility index (Phi) is 9.26. The number of thiazole rings is 1. The Labute approximate surface area is 240 Å². The number of fused-ring (bicyclic) bond motifs is 1. The summed E-state index contributed by atoms with van der Waals surface area (Å²) >= 11 is 1.07. The summed E-state index contributed by atoms with van der Waals surface area (Å²) in [6.07, 6.45) is 0.769. The third-order valence-electron chi connectivity index (χ3n) is 6.31. The van der Waals surface area contributed by atoms with Gasteiger partial charge in [-0.3, -0.25) is 19.1 Å². The normalized spacial score (nSPS) is 19.1. The molecular weight excluding hydrogens is 578 g/mol. The molecule has 222 valence electrons. The van der Waals surface area contributed by atoms with Gasteiger partial charge in [-0.05, 0) is 43.1 Å². The van der Waals surface area contributed by atoms with Crippen molar-refractivity contribution >= 4 is 50.3 Å². The molecule has 0 unspecified atom stereocenters. The number of β-lactam (4-membered cyclic amide) rings is 1. The summed E-state index contributed by atoms with van der Waals surface area (Å²) in [5.74, 6) is -0.746. The summed E-state index contributed by atoms with van der Waals surface area (Å²) in [6.45, 7) is 3.81. The van der Waals surface area contributed by atoms with Gasteiger partial charge in [0.05, 0.1) is 6.04 Å². The molecule has 1 fully saturated rings. The van der Waals surface area contributed by atoms with Crippen molar-refractivity contribution in [1.29, 1.82) is 0 Å². The number of carbonyl (C=O) groups is 2. The summed E-state index contributed by atoms with van der Waals surface area (Å²) in [5.41, 5.74) is 19.3. The second kappa shape index (κ2) is 12.7. The monoisotopic (exact) mass is 609 g/mol. The van der Waals surface area contributed by atoms with Crippen molar-refractivity contribution < 1.29 is 32.1 Å². The molecule has 3 heterocycles. The Hall–Kier alpha value is -4.00. The first-order chi connectivity index (χ1) is 19.5. The zero-order valence-electron chi connectivity index (χ0n) is 22.1. The standard InChI is InChI=1S/C23H31N9O7S2/c1-13-18(21(34)32(13)41(35,36)37)29-20(33)19(17-12-40-23(26)28-17)30-39-8-7-38-16-4-3-14-10-31(11-15(14)9-16)22(25)27-6-2-5-24/h3-4,9,12-13,18H,2,5-8,10-11,24H2,1H3,(H2,25,27)(H2,26,28)(H,29,33)(H,35,36,37)/b30-19-/t13-,18-/m0/s1. The van der Waals surface area contributed by atoms with Crippen molar-refractivity contribution in [2.45, 2.75) is 38.5 Å². The van der Waals surface area contributed by atoms with Gasteiger partial charge in [-0.15, -0.1) is 11.3 Å². The maximum atomic E-state index is 12.9. The van der Waals surface area contributed by atoms with E-state index in [1.165, 1.54) is 12.3 Å². The smallest absolute Gasteiger partial charge is 0.362 e. The fraction of sp³-hybridized carbons (Fsp3) is 0.435. The molecule has 2 aromatic rings. The zero-order valence-corrected chi connectivity index (χ0v) is 23.7. The highest BCUT2D eigenvalue weighted by Gasteiger charge is 2.51. The molecular formula is C23H31N9O7S2. The number of aromatic nitrogens is 1. The number of guanidine groups is 1. The molecule has 0 spiro atoms. The molecule has 0 radical (unpaired) electrons. The van der Waals surface area contributed by atoms with E-state index in [2.05, 4.69) is 20.4 Å².